The lowest BCUT2D eigenvalue weighted by molar-refractivity contribution is -0.181. The Morgan fingerprint density at radius 2 is 1.13 bits per heavy atom. The van der Waals surface area contributed by atoms with Gasteiger partial charge in [0.15, 0.2) is 57.6 Å². The number of carbonyl (C=O) groups excluding carboxylic acids is 9. The molecule has 0 aromatic heterocycles. The maximum atomic E-state index is 14.1. The number of aromatic hydroxyl groups is 2. The molecule has 0 aliphatic heterocycles. The van der Waals surface area contributed by atoms with Crippen LogP contribution in [0.1, 0.15) is 81.5 Å². The van der Waals surface area contributed by atoms with Crippen molar-refractivity contribution in [3.05, 3.63) is 69.0 Å². The number of hydrogen-bond acceptors (Lipinski definition) is 16. The fraction of sp³-hybridized carbons (Fsp3) is 0.460. The molecule has 18 nitrogen and oxygen atoms in total. The number of phenolic OH excluding ortho intramolecular Hbond substituents is 2. The largest absolute Gasteiger partial charge is 0.507 e. The van der Waals surface area contributed by atoms with E-state index in [0.29, 0.717) is 47.9 Å². The highest BCUT2D eigenvalue weighted by atomic mass is 16.3. The van der Waals surface area contributed by atoms with Crippen LogP contribution in [0.3, 0.4) is 0 Å². The van der Waals surface area contributed by atoms with E-state index >= 15 is 0 Å². The molecule has 354 valence electrons. The molecule has 8 unspecified atom stereocenters. The van der Waals surface area contributed by atoms with Gasteiger partial charge in [-0.3, -0.25) is 48.1 Å². The maximum Gasteiger partial charge on any atom is 0.235 e. The first-order valence-electron chi connectivity index (χ1n) is 22.3. The van der Waals surface area contributed by atoms with Crippen molar-refractivity contribution < 1.29 is 63.6 Å². The number of nitrogens with two attached hydrogens (primary N) is 3. The number of nitrogens with zero attached hydrogens (tertiary/aromatic N) is 2. The smallest absolute Gasteiger partial charge is 0.235 e. The molecule has 6 aliphatic rings. The van der Waals surface area contributed by atoms with Crippen LogP contribution in [0.2, 0.25) is 0 Å². The third kappa shape index (κ3) is 6.87. The first kappa shape index (κ1) is 47.5. The van der Waals surface area contributed by atoms with Crippen LogP contribution in [0.4, 0.5) is 0 Å². The van der Waals surface area contributed by atoms with E-state index in [2.05, 4.69) is 23.7 Å². The summed E-state index contributed by atoms with van der Waals surface area (Å²) in [6.07, 6.45) is 2.12. The summed E-state index contributed by atoms with van der Waals surface area (Å²) in [4.78, 5) is 124. The number of aliphatic hydroxyl groups is 2. The Hall–Kier alpha value is -6.99. The molecule has 68 heavy (non-hydrogen) atoms. The summed E-state index contributed by atoms with van der Waals surface area (Å²) in [5.74, 6) is -8.66. The van der Waals surface area contributed by atoms with Crippen LogP contribution in [-0.2, 0) is 46.4 Å². The Labute approximate surface area is 390 Å². The molecular formula is C50H51N5O13. The van der Waals surface area contributed by atoms with Gasteiger partial charge in [-0.25, -0.2) is 0 Å². The highest BCUT2D eigenvalue weighted by molar-refractivity contribution is 6.32. The molecular weight excluding hydrogens is 879 g/mol. The third-order valence-corrected chi connectivity index (χ3v) is 15.0. The normalized spacial score (nSPS) is 31.5. The summed E-state index contributed by atoms with van der Waals surface area (Å²) in [5, 5.41) is 45.4. The van der Waals surface area contributed by atoms with E-state index < -0.39 is 123 Å². The fourth-order valence-electron chi connectivity index (χ4n) is 12.1. The van der Waals surface area contributed by atoms with Crippen LogP contribution >= 0.6 is 0 Å². The molecule has 6 aliphatic carbocycles. The van der Waals surface area contributed by atoms with Crippen LogP contribution < -0.4 is 17.2 Å². The fourth-order valence-corrected chi connectivity index (χ4v) is 12.1. The summed E-state index contributed by atoms with van der Waals surface area (Å²) in [7, 11) is 6.21. The molecule has 0 spiro atoms. The highest BCUT2D eigenvalue weighted by Crippen LogP contribution is 2.53. The van der Waals surface area contributed by atoms with Crippen LogP contribution in [0.5, 0.6) is 11.5 Å². The molecule has 2 aromatic rings. The Bertz CT molecular complexity index is 2860. The molecule has 8 rings (SSSR count). The number of Topliss-reactive ketones (excluding diaryl/α,β-unsaturated/α-hetero) is 7. The number of primary amides is 2. The van der Waals surface area contributed by atoms with Gasteiger partial charge in [0.25, 0.3) is 0 Å². The minimum atomic E-state index is -2.82. The van der Waals surface area contributed by atoms with Crippen molar-refractivity contribution in [2.45, 2.75) is 68.6 Å². The second kappa shape index (κ2) is 17.0. The summed E-state index contributed by atoms with van der Waals surface area (Å²) in [6.45, 7) is 0. The van der Waals surface area contributed by atoms with Gasteiger partial charge in [-0.1, -0.05) is 23.7 Å². The molecule has 0 bridgehead atoms. The quantitative estimate of drug-likeness (QED) is 0.102. The SMILES string of the molecule is CN(C)C1=C(N)C(C(N)=O)C(=O)[C@@]2(O)C(=O)C3C(=O)c4c(O)ccc(C#CCCCCC#Cc5ccc(O)c6c5CC5CC7[C@H](N(C)C)C(=O)C(C(N)=O)C(=O)[C@@]7(O)C(=O)C5C6=O)c4CC3CC12. The second-order valence-corrected chi connectivity index (χ2v) is 19.2. The highest BCUT2D eigenvalue weighted by Gasteiger charge is 2.70. The van der Waals surface area contributed by atoms with E-state index in [9.17, 15) is 63.6 Å². The molecule has 3 saturated carbocycles. The Morgan fingerprint density at radius 3 is 1.59 bits per heavy atom. The van der Waals surface area contributed by atoms with Crippen molar-refractivity contribution in [1.82, 2.24) is 9.80 Å². The van der Waals surface area contributed by atoms with Crippen LogP contribution in [-0.4, -0.2) is 128 Å². The monoisotopic (exact) mass is 929 g/mol. The van der Waals surface area contributed by atoms with Gasteiger partial charge in [-0.15, -0.1) is 0 Å². The van der Waals surface area contributed by atoms with Crippen molar-refractivity contribution in [2.75, 3.05) is 28.2 Å². The number of amides is 2. The summed E-state index contributed by atoms with van der Waals surface area (Å²) < 4.78 is 0. The number of carbonyl (C=O) groups is 9. The van der Waals surface area contributed by atoms with Crippen molar-refractivity contribution in [3.63, 3.8) is 0 Å². The van der Waals surface area contributed by atoms with Crippen LogP contribution in [0, 0.1) is 71.0 Å². The van der Waals surface area contributed by atoms with Crippen molar-refractivity contribution in [2.24, 2.45) is 64.5 Å². The lowest BCUT2D eigenvalue weighted by Crippen LogP contribution is -2.74. The van der Waals surface area contributed by atoms with E-state index in [1.165, 1.54) is 36.0 Å². The van der Waals surface area contributed by atoms with E-state index in [-0.39, 0.29) is 54.0 Å². The summed E-state index contributed by atoms with van der Waals surface area (Å²) in [6, 6.07) is 4.50. The van der Waals surface area contributed by atoms with Crippen LogP contribution in [0.25, 0.3) is 0 Å². The number of ketones is 7. The number of rotatable bonds is 7. The van der Waals surface area contributed by atoms with E-state index in [4.69, 9.17) is 17.2 Å². The van der Waals surface area contributed by atoms with Gasteiger partial charge in [-0.05, 0) is 99.8 Å². The first-order chi connectivity index (χ1) is 32.0. The molecule has 0 saturated heterocycles. The van der Waals surface area contributed by atoms with Crippen LogP contribution in [0.15, 0.2) is 35.7 Å². The second-order valence-electron chi connectivity index (χ2n) is 19.2. The van der Waals surface area contributed by atoms with Crippen molar-refractivity contribution >= 4 is 52.3 Å². The molecule has 0 radical (unpaired) electrons. The zero-order chi connectivity index (χ0) is 49.6. The first-order valence-corrected chi connectivity index (χ1v) is 22.3. The molecule has 2 aromatic carbocycles. The molecule has 0 heterocycles. The van der Waals surface area contributed by atoms with Gasteiger partial charge in [-0.2, -0.15) is 0 Å². The molecule has 2 amide bonds. The van der Waals surface area contributed by atoms with Crippen molar-refractivity contribution in [1.29, 1.82) is 0 Å². The Balaban J connectivity index is 0.963. The van der Waals surface area contributed by atoms with Gasteiger partial charge >= 0.3 is 0 Å². The standard InChI is InChI=1S/C50H51N5O13/c1-54(2)38-27-19-23-17-25-21(13-15-29(56)33(25)40(58)31(23)43(61)49(27,67)45(63)35(37(38)51)47(52)65)11-9-7-5-6-8-10-12-22-14-16-30(57)34-26(22)18-24-20-28-39(55(3)4)42(60)36(48(53)66)46(64)50(28,68)44(62)32(24)41(34)59/h13-16,23-24,27-28,31-32,35-36,39,56-57,67-68H,5-8,17-20,51H2,1-4H3,(H2,52,65)(H2,53,66)/t23?,24?,27?,28?,31?,32?,35?,36?,39-,49-,50-/m0/s1. The lowest BCUT2D eigenvalue weighted by atomic mass is 9.52. The zero-order valence-electron chi connectivity index (χ0n) is 37.8. The molecule has 10 N–H and O–H groups in total. The maximum absolute atomic E-state index is 14.1. The number of unbranched alkanes of at least 4 members (excludes halogenated alkanes) is 3. The van der Waals surface area contributed by atoms with Gasteiger partial charge < -0.3 is 42.5 Å². The van der Waals surface area contributed by atoms with E-state index in [0.717, 1.165) is 0 Å². The predicted molar refractivity (Wildman–Crippen MR) is 237 cm³/mol. The minimum Gasteiger partial charge on any atom is -0.507 e. The minimum absolute atomic E-state index is 0.0104. The topological polar surface area (TPSA) is 319 Å². The Kier molecular flexibility index (Phi) is 11.8. The summed E-state index contributed by atoms with van der Waals surface area (Å²) in [5.41, 5.74) is 13.1. The van der Waals surface area contributed by atoms with Gasteiger partial charge in [0.05, 0.1) is 29.0 Å². The van der Waals surface area contributed by atoms with E-state index in [1.54, 1.807) is 26.2 Å². The average Bonchev–Trinajstić information content (AvgIpc) is 3.25. The third-order valence-electron chi connectivity index (χ3n) is 15.0. The molecule has 11 atom stereocenters. The Morgan fingerprint density at radius 1 is 0.676 bits per heavy atom. The van der Waals surface area contributed by atoms with Crippen molar-refractivity contribution in [3.8, 4) is 35.2 Å². The predicted octanol–water partition coefficient (Wildman–Crippen LogP) is -0.756. The average molecular weight is 930 g/mol. The van der Waals surface area contributed by atoms with Gasteiger partial charge in [0.1, 0.15) is 17.4 Å². The van der Waals surface area contributed by atoms with E-state index in [1.807, 2.05) is 0 Å². The number of phenols is 2. The lowest BCUT2D eigenvalue weighted by Gasteiger charge is -2.52. The number of benzene rings is 2. The number of fused-ring (bicyclic) bond motifs is 6. The number of hydrogen-bond donors (Lipinski definition) is 7. The zero-order valence-corrected chi connectivity index (χ0v) is 37.8. The molecule has 18 heteroatoms. The summed E-state index contributed by atoms with van der Waals surface area (Å²) >= 11 is 0. The number of likely N-dealkylation sites (N-methyl/N-ethyl adjacent to an activating group) is 1. The molecule has 3 fully saturated rings. The van der Waals surface area contributed by atoms with Gasteiger partial charge in [0.2, 0.25) is 11.8 Å². The van der Waals surface area contributed by atoms with Gasteiger partial charge in [0, 0.05) is 61.3 Å².